The summed E-state index contributed by atoms with van der Waals surface area (Å²) in [4.78, 5) is 24.2. The summed E-state index contributed by atoms with van der Waals surface area (Å²) in [5, 5.41) is 0. The molecule has 2 N–H and O–H groups in total. The molecular weight excluding hydrogens is 354 g/mol. The van der Waals surface area contributed by atoms with Crippen molar-refractivity contribution in [1.82, 2.24) is 15.4 Å². The molecule has 0 unspecified atom stereocenters. The fourth-order valence-electron chi connectivity index (χ4n) is 2.55. The van der Waals surface area contributed by atoms with Crippen molar-refractivity contribution in [3.8, 4) is 5.69 Å². The summed E-state index contributed by atoms with van der Waals surface area (Å²) < 4.78 is 6.90. The van der Waals surface area contributed by atoms with Crippen LogP contribution in [0.25, 0.3) is 5.69 Å². The molecule has 2 aromatic rings. The van der Waals surface area contributed by atoms with Crippen LogP contribution in [0.15, 0.2) is 72.1 Å². The lowest BCUT2D eigenvalue weighted by atomic mass is 10.1. The van der Waals surface area contributed by atoms with Gasteiger partial charge in [-0.15, -0.1) is 0 Å². The molecule has 0 saturated heterocycles. The number of hydrazine groups is 1. The van der Waals surface area contributed by atoms with Gasteiger partial charge in [0.05, 0.1) is 11.3 Å². The van der Waals surface area contributed by atoms with Crippen LogP contribution in [-0.2, 0) is 4.74 Å². The second kappa shape index (κ2) is 10.8. The van der Waals surface area contributed by atoms with Crippen LogP contribution in [0.2, 0.25) is 0 Å². The maximum absolute atomic E-state index is 12.4. The molecule has 6 nitrogen and oxygen atoms in total. The quantitative estimate of drug-likeness (QED) is 0.546. The zero-order valence-electron chi connectivity index (χ0n) is 16.6. The Morgan fingerprint density at radius 3 is 2.43 bits per heavy atom. The van der Waals surface area contributed by atoms with Crippen LogP contribution >= 0.6 is 0 Å². The van der Waals surface area contributed by atoms with Crippen molar-refractivity contribution in [2.45, 2.75) is 33.6 Å². The molecule has 1 aromatic carbocycles. The Balaban J connectivity index is 1.80. The Morgan fingerprint density at radius 1 is 1.00 bits per heavy atom. The van der Waals surface area contributed by atoms with Crippen LogP contribution in [0.1, 0.15) is 44.0 Å². The predicted octanol–water partition coefficient (Wildman–Crippen LogP) is 4.54. The maximum Gasteiger partial charge on any atom is 0.426 e. The number of allylic oxidation sites excluding steroid dienone is 3. The van der Waals surface area contributed by atoms with E-state index in [1.54, 1.807) is 12.1 Å². The number of nitrogens with zero attached hydrogens (tertiary/aromatic N) is 1. The molecule has 0 bridgehead atoms. The van der Waals surface area contributed by atoms with Gasteiger partial charge < -0.3 is 9.30 Å². The van der Waals surface area contributed by atoms with Crippen molar-refractivity contribution < 1.29 is 14.3 Å². The number of rotatable bonds is 7. The van der Waals surface area contributed by atoms with Crippen LogP contribution < -0.4 is 10.9 Å². The van der Waals surface area contributed by atoms with Gasteiger partial charge >= 0.3 is 6.09 Å². The SMILES string of the molecule is CC(C)=CCC/C(C)=C\COC(=O)NNC(=O)c1ccccc1-n1cccc1. The number of amides is 2. The summed E-state index contributed by atoms with van der Waals surface area (Å²) in [7, 11) is 0. The van der Waals surface area contributed by atoms with Crippen molar-refractivity contribution in [2.75, 3.05) is 6.61 Å². The van der Waals surface area contributed by atoms with Gasteiger partial charge in [0, 0.05) is 12.4 Å². The lowest BCUT2D eigenvalue weighted by Gasteiger charge is -2.11. The highest BCUT2D eigenvalue weighted by atomic mass is 16.6. The number of hydrogen-bond acceptors (Lipinski definition) is 3. The van der Waals surface area contributed by atoms with Gasteiger partial charge in [-0.05, 0) is 64.0 Å². The minimum atomic E-state index is -0.708. The molecule has 0 atom stereocenters. The fraction of sp³-hybridized carbons (Fsp3) is 0.273. The molecule has 1 aromatic heterocycles. The zero-order chi connectivity index (χ0) is 20.4. The van der Waals surface area contributed by atoms with E-state index in [1.807, 2.05) is 54.2 Å². The van der Waals surface area contributed by atoms with E-state index in [4.69, 9.17) is 4.74 Å². The highest BCUT2D eigenvalue weighted by molar-refractivity contribution is 5.98. The molecule has 0 fully saturated rings. The van der Waals surface area contributed by atoms with E-state index in [0.29, 0.717) is 5.56 Å². The third-order valence-electron chi connectivity index (χ3n) is 4.05. The normalized spacial score (nSPS) is 10.9. The zero-order valence-corrected chi connectivity index (χ0v) is 16.6. The first kappa shape index (κ1) is 21.0. The summed E-state index contributed by atoms with van der Waals surface area (Å²) >= 11 is 0. The van der Waals surface area contributed by atoms with Gasteiger partial charge in [-0.25, -0.2) is 10.2 Å². The number of hydrogen-bond donors (Lipinski definition) is 2. The smallest absolute Gasteiger partial charge is 0.426 e. The molecule has 28 heavy (non-hydrogen) atoms. The summed E-state index contributed by atoms with van der Waals surface area (Å²) in [6.07, 6.45) is 8.91. The number of benzene rings is 1. The third kappa shape index (κ3) is 6.79. The van der Waals surface area contributed by atoms with E-state index in [1.165, 1.54) is 5.57 Å². The monoisotopic (exact) mass is 381 g/mol. The molecular formula is C22H27N3O3. The largest absolute Gasteiger partial charge is 0.444 e. The first-order valence-electron chi connectivity index (χ1n) is 9.22. The van der Waals surface area contributed by atoms with Crippen molar-refractivity contribution in [2.24, 2.45) is 0 Å². The van der Waals surface area contributed by atoms with Crippen molar-refractivity contribution in [3.63, 3.8) is 0 Å². The van der Waals surface area contributed by atoms with Gasteiger partial charge in [0.2, 0.25) is 0 Å². The van der Waals surface area contributed by atoms with Gasteiger partial charge in [0.25, 0.3) is 5.91 Å². The van der Waals surface area contributed by atoms with Gasteiger partial charge in [-0.3, -0.25) is 10.2 Å². The number of carbonyl (C=O) groups excluding carboxylic acids is 2. The molecule has 0 aliphatic carbocycles. The third-order valence-corrected chi connectivity index (χ3v) is 4.05. The van der Waals surface area contributed by atoms with E-state index in [9.17, 15) is 9.59 Å². The van der Waals surface area contributed by atoms with Gasteiger partial charge in [0.1, 0.15) is 6.61 Å². The van der Waals surface area contributed by atoms with Gasteiger partial charge in [-0.1, -0.05) is 29.4 Å². The molecule has 0 aliphatic heterocycles. The van der Waals surface area contributed by atoms with Crippen LogP contribution in [0.5, 0.6) is 0 Å². The average Bonchev–Trinajstić information content (AvgIpc) is 3.20. The summed E-state index contributed by atoms with van der Waals surface area (Å²) in [5.74, 6) is -0.422. The maximum atomic E-state index is 12.4. The van der Waals surface area contributed by atoms with Crippen LogP contribution in [-0.4, -0.2) is 23.2 Å². The van der Waals surface area contributed by atoms with Gasteiger partial charge in [0.15, 0.2) is 0 Å². The van der Waals surface area contributed by atoms with E-state index in [-0.39, 0.29) is 6.61 Å². The lowest BCUT2D eigenvalue weighted by molar-refractivity contribution is 0.0915. The molecule has 148 valence electrons. The van der Waals surface area contributed by atoms with Crippen molar-refractivity contribution in [3.05, 3.63) is 77.7 Å². The molecule has 6 heteroatoms. The molecule has 0 radical (unpaired) electrons. The summed E-state index contributed by atoms with van der Waals surface area (Å²) in [5.41, 5.74) is 8.25. The summed E-state index contributed by atoms with van der Waals surface area (Å²) in [6.45, 7) is 6.29. The van der Waals surface area contributed by atoms with E-state index in [0.717, 1.165) is 24.1 Å². The van der Waals surface area contributed by atoms with Crippen LogP contribution in [0.3, 0.4) is 0 Å². The van der Waals surface area contributed by atoms with E-state index in [2.05, 4.69) is 30.8 Å². The predicted molar refractivity (Wildman–Crippen MR) is 110 cm³/mol. The number of nitrogens with one attached hydrogen (secondary N) is 2. The number of para-hydroxylation sites is 1. The highest BCUT2D eigenvalue weighted by Crippen LogP contribution is 2.14. The molecule has 0 aliphatic rings. The highest BCUT2D eigenvalue weighted by Gasteiger charge is 2.12. The Hall–Kier alpha value is -3.28. The van der Waals surface area contributed by atoms with Crippen molar-refractivity contribution >= 4 is 12.0 Å². The number of carbonyl (C=O) groups is 2. The Kier molecular flexibility index (Phi) is 8.09. The van der Waals surface area contributed by atoms with Gasteiger partial charge in [-0.2, -0.15) is 0 Å². The molecule has 0 spiro atoms. The summed E-state index contributed by atoms with van der Waals surface area (Å²) in [6, 6.07) is 10.9. The topological polar surface area (TPSA) is 72.4 Å². The standard InChI is InChI=1S/C22H27N3O3/c1-17(2)9-8-10-18(3)13-16-28-22(27)24-23-21(26)19-11-4-5-12-20(19)25-14-6-7-15-25/h4-7,9,11-15H,8,10,16H2,1-3H3,(H,23,26)(H,24,27)/b18-13-. The van der Waals surface area contributed by atoms with E-state index < -0.39 is 12.0 Å². The average molecular weight is 381 g/mol. The van der Waals surface area contributed by atoms with Crippen LogP contribution in [0.4, 0.5) is 4.79 Å². The number of ether oxygens (including phenoxy) is 1. The fourth-order valence-corrected chi connectivity index (χ4v) is 2.55. The van der Waals surface area contributed by atoms with Crippen molar-refractivity contribution in [1.29, 1.82) is 0 Å². The Morgan fingerprint density at radius 2 is 1.71 bits per heavy atom. The molecule has 1 heterocycles. The lowest BCUT2D eigenvalue weighted by Crippen LogP contribution is -2.42. The molecule has 2 rings (SSSR count). The first-order valence-corrected chi connectivity index (χ1v) is 9.22. The molecule has 0 saturated carbocycles. The minimum absolute atomic E-state index is 0.155. The number of aromatic nitrogens is 1. The first-order chi connectivity index (χ1) is 13.5. The molecule has 2 amide bonds. The second-order valence-corrected chi connectivity index (χ2v) is 6.66. The second-order valence-electron chi connectivity index (χ2n) is 6.66. The minimum Gasteiger partial charge on any atom is -0.444 e. The van der Waals surface area contributed by atoms with E-state index >= 15 is 0 Å². The Bertz CT molecular complexity index is 848. The Labute approximate surface area is 165 Å². The van der Waals surface area contributed by atoms with Crippen LogP contribution in [0, 0.1) is 0 Å².